The predicted molar refractivity (Wildman–Crippen MR) is 123 cm³/mol. The fourth-order valence-electron chi connectivity index (χ4n) is 3.69. The van der Waals surface area contributed by atoms with E-state index in [0.29, 0.717) is 17.9 Å². The lowest BCUT2D eigenvalue weighted by Gasteiger charge is -2.18. The second kappa shape index (κ2) is 8.52. The van der Waals surface area contributed by atoms with Crippen molar-refractivity contribution in [2.24, 2.45) is 7.05 Å². The minimum atomic E-state index is -0.727. The van der Waals surface area contributed by atoms with Crippen LogP contribution in [0, 0.1) is 6.92 Å². The molecule has 0 saturated carbocycles. The van der Waals surface area contributed by atoms with Crippen LogP contribution in [-0.2, 0) is 11.8 Å². The number of hydrogen-bond acceptors (Lipinski definition) is 3. The first kappa shape index (κ1) is 20.5. The van der Waals surface area contributed by atoms with Crippen LogP contribution in [0.5, 0.6) is 5.75 Å². The number of rotatable bonds is 6. The fourth-order valence-corrected chi connectivity index (χ4v) is 3.69. The molecule has 0 aliphatic rings. The van der Waals surface area contributed by atoms with Crippen LogP contribution in [0.3, 0.4) is 0 Å². The zero-order valence-corrected chi connectivity index (χ0v) is 17.8. The van der Waals surface area contributed by atoms with Gasteiger partial charge in [0.15, 0.2) is 6.10 Å². The number of para-hydroxylation sites is 1. The molecule has 1 N–H and O–H groups in total. The summed E-state index contributed by atoms with van der Waals surface area (Å²) in [6.07, 6.45) is -0.261. The number of anilines is 1. The SMILES string of the molecule is CC[C@@H](Oc1cccc2ccccc12)C(=O)Nc1c(C)n(C)n(-c2ccccc2)c1=O. The van der Waals surface area contributed by atoms with E-state index in [0.717, 1.165) is 16.5 Å². The molecule has 0 aliphatic heterocycles. The van der Waals surface area contributed by atoms with Crippen LogP contribution in [0.4, 0.5) is 5.69 Å². The maximum Gasteiger partial charge on any atom is 0.295 e. The van der Waals surface area contributed by atoms with Crippen LogP contribution in [0.15, 0.2) is 77.6 Å². The van der Waals surface area contributed by atoms with Crippen molar-refractivity contribution < 1.29 is 9.53 Å². The summed E-state index contributed by atoms with van der Waals surface area (Å²) in [4.78, 5) is 26.1. The van der Waals surface area contributed by atoms with E-state index in [1.54, 1.807) is 11.7 Å². The predicted octanol–water partition coefficient (Wildman–Crippen LogP) is 4.43. The molecule has 6 heteroatoms. The van der Waals surface area contributed by atoms with Crippen molar-refractivity contribution in [1.82, 2.24) is 9.36 Å². The molecule has 0 saturated heterocycles. The molecule has 0 fully saturated rings. The second-order valence-electron chi connectivity index (χ2n) is 7.42. The molecule has 3 aromatic carbocycles. The van der Waals surface area contributed by atoms with Crippen LogP contribution in [0.25, 0.3) is 16.5 Å². The number of nitrogens with zero attached hydrogens (tertiary/aromatic N) is 2. The van der Waals surface area contributed by atoms with Crippen molar-refractivity contribution >= 4 is 22.4 Å². The van der Waals surface area contributed by atoms with Crippen molar-refractivity contribution in [3.8, 4) is 11.4 Å². The van der Waals surface area contributed by atoms with Gasteiger partial charge in [0, 0.05) is 12.4 Å². The monoisotopic (exact) mass is 415 g/mol. The lowest BCUT2D eigenvalue weighted by Crippen LogP contribution is -2.34. The molecule has 0 radical (unpaired) electrons. The Hall–Kier alpha value is -3.80. The molecular formula is C25H25N3O3. The van der Waals surface area contributed by atoms with Gasteiger partial charge in [-0.1, -0.05) is 61.5 Å². The zero-order chi connectivity index (χ0) is 22.0. The van der Waals surface area contributed by atoms with Crippen LogP contribution < -0.4 is 15.6 Å². The summed E-state index contributed by atoms with van der Waals surface area (Å²) in [7, 11) is 1.79. The summed E-state index contributed by atoms with van der Waals surface area (Å²) in [6.45, 7) is 3.69. The molecule has 1 atom stereocenters. The smallest absolute Gasteiger partial charge is 0.295 e. The summed E-state index contributed by atoms with van der Waals surface area (Å²) in [5, 5.41) is 4.80. The Morgan fingerprint density at radius 3 is 2.42 bits per heavy atom. The Kier molecular flexibility index (Phi) is 5.62. The normalized spacial score (nSPS) is 12.0. The number of carbonyl (C=O) groups is 1. The maximum absolute atomic E-state index is 13.1. The highest BCUT2D eigenvalue weighted by molar-refractivity contribution is 5.95. The van der Waals surface area contributed by atoms with E-state index in [4.69, 9.17) is 4.74 Å². The number of hydrogen-bond donors (Lipinski definition) is 1. The van der Waals surface area contributed by atoms with Gasteiger partial charge in [0.25, 0.3) is 11.5 Å². The Morgan fingerprint density at radius 2 is 1.68 bits per heavy atom. The van der Waals surface area contributed by atoms with Crippen LogP contribution in [-0.4, -0.2) is 21.4 Å². The molecule has 31 heavy (non-hydrogen) atoms. The Balaban J connectivity index is 1.62. The van der Waals surface area contributed by atoms with Crippen molar-refractivity contribution in [3.63, 3.8) is 0 Å². The third-order valence-electron chi connectivity index (χ3n) is 5.48. The quantitative estimate of drug-likeness (QED) is 0.507. The number of aromatic nitrogens is 2. The first-order chi connectivity index (χ1) is 15.0. The molecule has 158 valence electrons. The van der Waals surface area contributed by atoms with E-state index in [9.17, 15) is 9.59 Å². The van der Waals surface area contributed by atoms with Crippen molar-refractivity contribution in [3.05, 3.63) is 88.8 Å². The molecule has 4 aromatic rings. The fraction of sp³-hybridized carbons (Fsp3) is 0.200. The highest BCUT2D eigenvalue weighted by atomic mass is 16.5. The highest BCUT2D eigenvalue weighted by Crippen LogP contribution is 2.27. The summed E-state index contributed by atoms with van der Waals surface area (Å²) >= 11 is 0. The number of nitrogens with one attached hydrogen (secondary N) is 1. The largest absolute Gasteiger partial charge is 0.480 e. The molecule has 0 aliphatic carbocycles. The van der Waals surface area contributed by atoms with Gasteiger partial charge in [-0.05, 0) is 36.9 Å². The lowest BCUT2D eigenvalue weighted by atomic mass is 10.1. The molecule has 1 heterocycles. The number of carbonyl (C=O) groups excluding carboxylic acids is 1. The molecule has 1 aromatic heterocycles. The number of ether oxygens (including phenoxy) is 1. The Morgan fingerprint density at radius 1 is 1.00 bits per heavy atom. The van der Waals surface area contributed by atoms with Gasteiger partial charge in [-0.15, -0.1) is 0 Å². The van der Waals surface area contributed by atoms with Crippen molar-refractivity contribution in [2.75, 3.05) is 5.32 Å². The van der Waals surface area contributed by atoms with Gasteiger partial charge in [0.2, 0.25) is 0 Å². The maximum atomic E-state index is 13.1. The van der Waals surface area contributed by atoms with E-state index in [1.165, 1.54) is 4.68 Å². The summed E-state index contributed by atoms with van der Waals surface area (Å²) in [5.41, 5.74) is 1.38. The van der Waals surface area contributed by atoms with E-state index < -0.39 is 6.10 Å². The standard InChI is InChI=1S/C25H25N3O3/c1-4-21(31-22-16-10-12-18-11-8-9-15-20(18)22)24(29)26-23-17(2)27(3)28(25(23)30)19-13-6-5-7-14-19/h5-16,21H,4H2,1-3H3,(H,26,29)/t21-/m1/s1. The topological polar surface area (TPSA) is 65.3 Å². The van der Waals surface area contributed by atoms with Crippen LogP contribution >= 0.6 is 0 Å². The number of fused-ring (bicyclic) bond motifs is 1. The van der Waals surface area contributed by atoms with Crippen LogP contribution in [0.2, 0.25) is 0 Å². The zero-order valence-electron chi connectivity index (χ0n) is 17.8. The third kappa shape index (κ3) is 3.84. The van der Waals surface area contributed by atoms with Crippen molar-refractivity contribution in [2.45, 2.75) is 26.4 Å². The van der Waals surface area contributed by atoms with Crippen LogP contribution in [0.1, 0.15) is 19.0 Å². The molecule has 4 rings (SSSR count). The molecule has 0 unspecified atom stereocenters. The minimum Gasteiger partial charge on any atom is -0.480 e. The van der Waals surface area contributed by atoms with E-state index in [-0.39, 0.29) is 17.2 Å². The van der Waals surface area contributed by atoms with Gasteiger partial charge in [0.05, 0.1) is 11.4 Å². The Labute approximate surface area is 180 Å². The molecular weight excluding hydrogens is 390 g/mol. The van der Waals surface area contributed by atoms with E-state index in [2.05, 4.69) is 5.32 Å². The molecule has 6 nitrogen and oxygen atoms in total. The van der Waals surface area contributed by atoms with E-state index >= 15 is 0 Å². The highest BCUT2D eigenvalue weighted by Gasteiger charge is 2.24. The first-order valence-corrected chi connectivity index (χ1v) is 10.3. The molecule has 1 amide bonds. The van der Waals surface area contributed by atoms with Gasteiger partial charge in [0.1, 0.15) is 11.4 Å². The van der Waals surface area contributed by atoms with Gasteiger partial charge in [-0.2, -0.15) is 0 Å². The average Bonchev–Trinajstić information content (AvgIpc) is 3.01. The molecule has 0 spiro atoms. The lowest BCUT2D eigenvalue weighted by molar-refractivity contribution is -0.122. The summed E-state index contributed by atoms with van der Waals surface area (Å²) in [6, 6.07) is 23.0. The van der Waals surface area contributed by atoms with Crippen molar-refractivity contribution in [1.29, 1.82) is 0 Å². The number of benzene rings is 3. The second-order valence-corrected chi connectivity index (χ2v) is 7.42. The average molecular weight is 415 g/mol. The van der Waals surface area contributed by atoms with Gasteiger partial charge in [-0.25, -0.2) is 4.68 Å². The van der Waals surface area contributed by atoms with Gasteiger partial charge >= 0.3 is 0 Å². The minimum absolute atomic E-state index is 0.260. The molecule has 0 bridgehead atoms. The first-order valence-electron chi connectivity index (χ1n) is 10.3. The summed E-state index contributed by atoms with van der Waals surface area (Å²) < 4.78 is 9.36. The Bertz CT molecular complexity index is 1280. The van der Waals surface area contributed by atoms with Gasteiger partial charge < -0.3 is 10.1 Å². The number of amides is 1. The van der Waals surface area contributed by atoms with E-state index in [1.807, 2.05) is 86.6 Å². The van der Waals surface area contributed by atoms with Gasteiger partial charge in [-0.3, -0.25) is 14.3 Å². The summed E-state index contributed by atoms with van der Waals surface area (Å²) in [5.74, 6) is 0.299. The third-order valence-corrected chi connectivity index (χ3v) is 5.48.